The van der Waals surface area contributed by atoms with Crippen LogP contribution in [-0.4, -0.2) is 31.3 Å². The van der Waals surface area contributed by atoms with E-state index >= 15 is 0 Å². The summed E-state index contributed by atoms with van der Waals surface area (Å²) in [6.07, 6.45) is 0.889. The molecule has 1 aromatic carbocycles. The maximum Gasteiger partial charge on any atom is 0.307 e. The lowest BCUT2D eigenvalue weighted by atomic mass is 10.0. The van der Waals surface area contributed by atoms with E-state index in [1.54, 1.807) is 31.2 Å². The normalized spacial score (nSPS) is 11.0. The van der Waals surface area contributed by atoms with Crippen molar-refractivity contribution in [3.63, 3.8) is 0 Å². The molecule has 2 aromatic rings. The van der Waals surface area contributed by atoms with Crippen LogP contribution in [0.15, 0.2) is 24.3 Å². The zero-order chi connectivity index (χ0) is 20.6. The van der Waals surface area contributed by atoms with Crippen LogP contribution in [0, 0.1) is 13.8 Å². The number of amides is 1. The van der Waals surface area contributed by atoms with Crippen molar-refractivity contribution >= 4 is 46.1 Å². The van der Waals surface area contributed by atoms with Crippen LogP contribution < -0.4 is 11.1 Å². The van der Waals surface area contributed by atoms with E-state index < -0.39 is 0 Å². The summed E-state index contributed by atoms with van der Waals surface area (Å²) in [6.45, 7) is 5.57. The molecule has 0 radical (unpaired) electrons. The van der Waals surface area contributed by atoms with E-state index in [2.05, 4.69) is 10.1 Å². The molecule has 0 fully saturated rings. The van der Waals surface area contributed by atoms with Crippen molar-refractivity contribution in [1.82, 2.24) is 0 Å². The molecule has 1 unspecified atom stereocenters. The molecule has 146 valence electrons. The largest absolute Gasteiger partial charge is 0.469 e. The molecule has 0 spiro atoms. The molecule has 0 saturated carbocycles. The number of rotatable bonds is 6. The van der Waals surface area contributed by atoms with E-state index in [9.17, 15) is 14.4 Å². The van der Waals surface area contributed by atoms with Gasteiger partial charge in [0.2, 0.25) is 6.41 Å². The molecular formula is C19H23ClN2O4S. The fourth-order valence-electron chi connectivity index (χ4n) is 2.15. The highest BCUT2D eigenvalue weighted by Crippen LogP contribution is 2.33. The second-order valence-electron chi connectivity index (χ2n) is 5.84. The number of halogens is 1. The number of carbonyl (C=O) groups is 3. The number of methoxy groups -OCH3 is 1. The summed E-state index contributed by atoms with van der Waals surface area (Å²) >= 11 is 7.21. The lowest BCUT2D eigenvalue weighted by Gasteiger charge is -2.04. The molecule has 0 aliphatic heterocycles. The molecule has 27 heavy (non-hydrogen) atoms. The van der Waals surface area contributed by atoms with Crippen molar-refractivity contribution in [2.24, 2.45) is 5.73 Å². The number of carbonyl (C=O) groups excluding carboxylic acids is 3. The fourth-order valence-corrected chi connectivity index (χ4v) is 3.29. The van der Waals surface area contributed by atoms with E-state index in [1.165, 1.54) is 18.4 Å². The molecule has 1 aromatic heterocycles. The Hall–Kier alpha value is -2.22. The average Bonchev–Trinajstić information content (AvgIpc) is 2.89. The number of ether oxygens (including phenoxy) is 1. The van der Waals surface area contributed by atoms with Crippen molar-refractivity contribution in [3.8, 4) is 0 Å². The predicted octanol–water partition coefficient (Wildman–Crippen LogP) is 3.71. The molecule has 0 aliphatic carbocycles. The van der Waals surface area contributed by atoms with Gasteiger partial charge in [-0.15, -0.1) is 11.3 Å². The lowest BCUT2D eigenvalue weighted by molar-refractivity contribution is -0.140. The Morgan fingerprint density at radius 1 is 1.30 bits per heavy atom. The SMILES string of the molecule is COC(=O)CC(C)N.Cc1sc(NC=O)c(C(=O)c2ccc(Cl)cc2)c1C. The van der Waals surface area contributed by atoms with E-state index in [-0.39, 0.29) is 17.8 Å². The Bertz CT molecular complexity index is 801. The molecule has 0 saturated heterocycles. The smallest absolute Gasteiger partial charge is 0.307 e. The van der Waals surface area contributed by atoms with E-state index in [1.807, 2.05) is 13.8 Å². The Kier molecular flexibility index (Phi) is 9.14. The van der Waals surface area contributed by atoms with Gasteiger partial charge in [-0.25, -0.2) is 0 Å². The maximum atomic E-state index is 12.5. The number of nitrogens with one attached hydrogen (secondary N) is 1. The summed E-state index contributed by atoms with van der Waals surface area (Å²) in [5.41, 5.74) is 7.27. The van der Waals surface area contributed by atoms with Crippen LogP contribution >= 0.6 is 22.9 Å². The van der Waals surface area contributed by atoms with Gasteiger partial charge in [0.15, 0.2) is 5.78 Å². The molecule has 2 rings (SSSR count). The average molecular weight is 411 g/mol. The second kappa shape index (κ2) is 10.8. The molecule has 1 heterocycles. The topological polar surface area (TPSA) is 98.5 Å². The summed E-state index contributed by atoms with van der Waals surface area (Å²) in [6, 6.07) is 6.62. The van der Waals surface area contributed by atoms with Gasteiger partial charge in [0.05, 0.1) is 19.1 Å². The zero-order valence-electron chi connectivity index (χ0n) is 15.7. The van der Waals surface area contributed by atoms with E-state index in [4.69, 9.17) is 17.3 Å². The first-order chi connectivity index (χ1) is 12.7. The second-order valence-corrected chi connectivity index (χ2v) is 7.50. The number of hydrogen-bond donors (Lipinski definition) is 2. The van der Waals surface area contributed by atoms with E-state index in [0.717, 1.165) is 10.4 Å². The van der Waals surface area contributed by atoms with Gasteiger partial charge in [-0.3, -0.25) is 14.4 Å². The number of anilines is 1. The monoisotopic (exact) mass is 410 g/mol. The Morgan fingerprint density at radius 2 is 1.89 bits per heavy atom. The van der Waals surface area contributed by atoms with Crippen molar-refractivity contribution in [3.05, 3.63) is 50.9 Å². The Labute approximate surface area is 167 Å². The van der Waals surface area contributed by atoms with Crippen molar-refractivity contribution in [2.75, 3.05) is 12.4 Å². The molecule has 1 atom stereocenters. The standard InChI is InChI=1S/C14H12ClNO2S.C5H11NO2/c1-8-9(2)19-14(16-7-17)12(8)13(18)10-3-5-11(15)6-4-10;1-4(6)3-5(7)8-2/h3-7H,1-2H3,(H,16,17);4H,3,6H2,1-2H3. The molecular weight excluding hydrogens is 388 g/mol. The molecule has 1 amide bonds. The van der Waals surface area contributed by atoms with Crippen LogP contribution in [0.1, 0.15) is 39.7 Å². The van der Waals surface area contributed by atoms with Gasteiger partial charge in [0.25, 0.3) is 0 Å². The molecule has 0 bridgehead atoms. The summed E-state index contributed by atoms with van der Waals surface area (Å²) < 4.78 is 4.34. The van der Waals surface area contributed by atoms with Crippen LogP contribution in [0.2, 0.25) is 5.02 Å². The van der Waals surface area contributed by atoms with Crippen LogP contribution in [-0.2, 0) is 14.3 Å². The zero-order valence-corrected chi connectivity index (χ0v) is 17.2. The minimum absolute atomic E-state index is 0.0950. The van der Waals surface area contributed by atoms with Gasteiger partial charge in [0, 0.05) is 21.5 Å². The van der Waals surface area contributed by atoms with Gasteiger partial charge in [0.1, 0.15) is 5.00 Å². The summed E-state index contributed by atoms with van der Waals surface area (Å²) in [4.78, 5) is 34.4. The summed E-state index contributed by atoms with van der Waals surface area (Å²) in [7, 11) is 1.35. The van der Waals surface area contributed by atoms with E-state index in [0.29, 0.717) is 34.0 Å². The van der Waals surface area contributed by atoms with Gasteiger partial charge in [-0.2, -0.15) is 0 Å². The Balaban J connectivity index is 0.000000387. The van der Waals surface area contributed by atoms with Crippen LogP contribution in [0.4, 0.5) is 5.00 Å². The first kappa shape index (κ1) is 22.8. The number of aryl methyl sites for hydroxylation is 1. The number of ketones is 1. The highest BCUT2D eigenvalue weighted by atomic mass is 35.5. The van der Waals surface area contributed by atoms with Crippen molar-refractivity contribution < 1.29 is 19.1 Å². The lowest BCUT2D eigenvalue weighted by Crippen LogP contribution is -2.20. The van der Waals surface area contributed by atoms with Gasteiger partial charge in [-0.1, -0.05) is 11.6 Å². The van der Waals surface area contributed by atoms with Crippen molar-refractivity contribution in [1.29, 1.82) is 0 Å². The third-order valence-corrected chi connectivity index (χ3v) is 5.02. The minimum atomic E-state index is -0.250. The minimum Gasteiger partial charge on any atom is -0.469 e. The number of benzene rings is 1. The highest BCUT2D eigenvalue weighted by Gasteiger charge is 2.20. The third-order valence-electron chi connectivity index (χ3n) is 3.63. The third kappa shape index (κ3) is 6.78. The van der Waals surface area contributed by atoms with Crippen molar-refractivity contribution in [2.45, 2.75) is 33.2 Å². The molecule has 6 nitrogen and oxygen atoms in total. The first-order valence-corrected chi connectivity index (χ1v) is 9.33. The molecule has 3 N–H and O–H groups in total. The number of nitrogens with two attached hydrogens (primary N) is 1. The molecule has 8 heteroatoms. The quantitative estimate of drug-likeness (QED) is 0.429. The summed E-state index contributed by atoms with van der Waals surface area (Å²) in [5, 5.41) is 3.76. The van der Waals surface area contributed by atoms with Crippen LogP contribution in [0.3, 0.4) is 0 Å². The molecule has 0 aliphatic rings. The summed E-state index contributed by atoms with van der Waals surface area (Å²) in [5.74, 6) is -0.358. The van der Waals surface area contributed by atoms with Gasteiger partial charge in [-0.05, 0) is 50.6 Å². The van der Waals surface area contributed by atoms with Crippen LogP contribution in [0.25, 0.3) is 0 Å². The maximum absolute atomic E-state index is 12.5. The van der Waals surface area contributed by atoms with Crippen LogP contribution in [0.5, 0.6) is 0 Å². The number of esters is 1. The van der Waals surface area contributed by atoms with Gasteiger partial charge < -0.3 is 15.8 Å². The predicted molar refractivity (Wildman–Crippen MR) is 109 cm³/mol. The fraction of sp³-hybridized carbons (Fsp3) is 0.316. The Morgan fingerprint density at radius 3 is 2.33 bits per heavy atom. The number of thiophene rings is 1. The van der Waals surface area contributed by atoms with Gasteiger partial charge >= 0.3 is 5.97 Å². The first-order valence-electron chi connectivity index (χ1n) is 8.14. The highest BCUT2D eigenvalue weighted by molar-refractivity contribution is 7.16. The number of hydrogen-bond acceptors (Lipinski definition) is 6.